The summed E-state index contributed by atoms with van der Waals surface area (Å²) in [4.78, 5) is 10.8. The van der Waals surface area contributed by atoms with Crippen LogP contribution in [0.25, 0.3) is 6.08 Å². The molecule has 1 aromatic carbocycles. The Labute approximate surface area is 118 Å². The lowest BCUT2D eigenvalue weighted by atomic mass is 9.93. The number of hydrogen-bond donors (Lipinski definition) is 0. The molecule has 0 unspecified atom stereocenters. The Balaban J connectivity index is 2.37. The van der Waals surface area contributed by atoms with Gasteiger partial charge in [-0.15, -0.1) is 0 Å². The average Bonchev–Trinajstić information content (AvgIpc) is 2.47. The molecule has 0 aliphatic heterocycles. The molecule has 1 saturated carbocycles. The molecule has 1 fully saturated rings. The van der Waals surface area contributed by atoms with Gasteiger partial charge in [0.1, 0.15) is 5.75 Å². The zero-order chi connectivity index (χ0) is 14.4. The van der Waals surface area contributed by atoms with E-state index in [2.05, 4.69) is 0 Å². The topological polar surface area (TPSA) is 61.6 Å². The molecule has 20 heavy (non-hydrogen) atoms. The summed E-state index contributed by atoms with van der Waals surface area (Å²) in [7, 11) is 1.52. The number of rotatable bonds is 5. The Kier molecular flexibility index (Phi) is 5.12. The van der Waals surface area contributed by atoms with E-state index >= 15 is 0 Å². The number of hydrogen-bond acceptors (Lipinski definition) is 4. The number of benzene rings is 1. The highest BCUT2D eigenvalue weighted by Crippen LogP contribution is 2.33. The maximum atomic E-state index is 11.2. The first-order chi connectivity index (χ1) is 9.72. The Morgan fingerprint density at radius 1 is 1.30 bits per heavy atom. The lowest BCUT2D eigenvalue weighted by Crippen LogP contribution is -2.03. The molecule has 1 aromatic rings. The van der Waals surface area contributed by atoms with Gasteiger partial charge in [0, 0.05) is 13.2 Å². The maximum Gasteiger partial charge on any atom is 0.280 e. The van der Waals surface area contributed by atoms with Gasteiger partial charge >= 0.3 is 0 Å². The fourth-order valence-corrected chi connectivity index (χ4v) is 2.44. The minimum atomic E-state index is -0.366. The predicted molar refractivity (Wildman–Crippen MR) is 76.7 cm³/mol. The van der Waals surface area contributed by atoms with Gasteiger partial charge in [0.2, 0.25) is 0 Å². The monoisotopic (exact) mass is 277 g/mol. The minimum Gasteiger partial charge on any atom is -0.467 e. The summed E-state index contributed by atoms with van der Waals surface area (Å²) in [5.41, 5.74) is 1.89. The fourth-order valence-electron chi connectivity index (χ4n) is 2.44. The summed E-state index contributed by atoms with van der Waals surface area (Å²) in [5, 5.41) is 11.2. The van der Waals surface area contributed by atoms with E-state index in [9.17, 15) is 10.1 Å². The van der Waals surface area contributed by atoms with E-state index < -0.39 is 0 Å². The molecule has 0 heterocycles. The van der Waals surface area contributed by atoms with E-state index in [1.54, 1.807) is 12.1 Å². The standard InChI is InChI=1S/C15H19NO4/c1-19-11-20-15-9-5-8-14(16(17)18)13(15)10-12-6-3-2-4-7-12/h5,8-10H,2-4,6-7,11H2,1H3. The largest absolute Gasteiger partial charge is 0.467 e. The van der Waals surface area contributed by atoms with Crippen LogP contribution in [0.5, 0.6) is 5.75 Å². The van der Waals surface area contributed by atoms with Gasteiger partial charge in [-0.05, 0) is 37.8 Å². The van der Waals surface area contributed by atoms with Crippen molar-refractivity contribution in [2.24, 2.45) is 0 Å². The smallest absolute Gasteiger partial charge is 0.280 e. The van der Waals surface area contributed by atoms with Crippen molar-refractivity contribution in [1.29, 1.82) is 0 Å². The van der Waals surface area contributed by atoms with Crippen LogP contribution < -0.4 is 4.74 Å². The van der Waals surface area contributed by atoms with Crippen molar-refractivity contribution >= 4 is 11.8 Å². The third kappa shape index (κ3) is 3.57. The summed E-state index contributed by atoms with van der Waals surface area (Å²) in [6, 6.07) is 4.88. The Morgan fingerprint density at radius 2 is 2.05 bits per heavy atom. The molecule has 0 saturated heterocycles. The first-order valence-corrected chi connectivity index (χ1v) is 6.81. The van der Waals surface area contributed by atoms with E-state index in [4.69, 9.17) is 9.47 Å². The third-order valence-electron chi connectivity index (χ3n) is 3.42. The van der Waals surface area contributed by atoms with Crippen LogP contribution in [0.3, 0.4) is 0 Å². The van der Waals surface area contributed by atoms with Gasteiger partial charge in [-0.2, -0.15) is 0 Å². The number of nitro benzene ring substituents is 1. The molecule has 1 aliphatic carbocycles. The van der Waals surface area contributed by atoms with E-state index in [1.807, 2.05) is 6.08 Å². The van der Waals surface area contributed by atoms with Gasteiger partial charge in [0.05, 0.1) is 10.5 Å². The molecule has 0 N–H and O–H groups in total. The minimum absolute atomic E-state index is 0.0803. The number of methoxy groups -OCH3 is 1. The predicted octanol–water partition coefficient (Wildman–Crippen LogP) is 3.93. The normalized spacial score (nSPS) is 14.9. The lowest BCUT2D eigenvalue weighted by Gasteiger charge is -2.15. The van der Waals surface area contributed by atoms with Crippen molar-refractivity contribution in [3.8, 4) is 5.75 Å². The quantitative estimate of drug-likeness (QED) is 0.465. The van der Waals surface area contributed by atoms with E-state index in [0.717, 1.165) is 25.7 Å². The fraction of sp³-hybridized carbons (Fsp3) is 0.467. The summed E-state index contributed by atoms with van der Waals surface area (Å²) in [6.45, 7) is 0.0807. The van der Waals surface area contributed by atoms with Crippen LogP contribution in [0.4, 0.5) is 5.69 Å². The average molecular weight is 277 g/mol. The molecule has 1 aliphatic rings. The lowest BCUT2D eigenvalue weighted by molar-refractivity contribution is -0.385. The zero-order valence-electron chi connectivity index (χ0n) is 11.6. The molecule has 108 valence electrons. The van der Waals surface area contributed by atoms with Gasteiger partial charge in [-0.25, -0.2) is 0 Å². The molecule has 0 spiro atoms. The molecular weight excluding hydrogens is 258 g/mol. The summed E-state index contributed by atoms with van der Waals surface area (Å²) < 4.78 is 10.3. The van der Waals surface area contributed by atoms with Crippen molar-refractivity contribution in [1.82, 2.24) is 0 Å². The zero-order valence-corrected chi connectivity index (χ0v) is 11.6. The van der Waals surface area contributed by atoms with Crippen LogP contribution in [0, 0.1) is 10.1 Å². The van der Waals surface area contributed by atoms with Gasteiger partial charge in [-0.3, -0.25) is 10.1 Å². The van der Waals surface area contributed by atoms with Crippen LogP contribution in [0.2, 0.25) is 0 Å². The maximum absolute atomic E-state index is 11.2. The second-order valence-electron chi connectivity index (χ2n) is 4.86. The number of nitro groups is 1. The van der Waals surface area contributed by atoms with Crippen molar-refractivity contribution in [2.45, 2.75) is 32.1 Å². The van der Waals surface area contributed by atoms with E-state index in [-0.39, 0.29) is 17.4 Å². The SMILES string of the molecule is COCOc1cccc([N+](=O)[O-])c1C=C1CCCCC1. The van der Waals surface area contributed by atoms with Crippen molar-refractivity contribution < 1.29 is 14.4 Å². The number of allylic oxidation sites excluding steroid dienone is 1. The summed E-state index contributed by atoms with van der Waals surface area (Å²) in [6.07, 6.45) is 7.48. The molecule has 0 radical (unpaired) electrons. The second kappa shape index (κ2) is 7.05. The first-order valence-electron chi connectivity index (χ1n) is 6.81. The summed E-state index contributed by atoms with van der Waals surface area (Å²) >= 11 is 0. The highest BCUT2D eigenvalue weighted by molar-refractivity contribution is 5.69. The molecular formula is C15H19NO4. The van der Waals surface area contributed by atoms with Crippen LogP contribution in [0.1, 0.15) is 37.7 Å². The van der Waals surface area contributed by atoms with E-state index in [1.165, 1.54) is 25.2 Å². The third-order valence-corrected chi connectivity index (χ3v) is 3.42. The van der Waals surface area contributed by atoms with Crippen molar-refractivity contribution in [3.05, 3.63) is 39.4 Å². The summed E-state index contributed by atoms with van der Waals surface area (Å²) in [5.74, 6) is 0.499. The van der Waals surface area contributed by atoms with Gasteiger partial charge in [-0.1, -0.05) is 18.1 Å². The van der Waals surface area contributed by atoms with E-state index in [0.29, 0.717) is 11.3 Å². The second-order valence-corrected chi connectivity index (χ2v) is 4.86. The van der Waals surface area contributed by atoms with Crippen LogP contribution in [-0.2, 0) is 4.74 Å². The van der Waals surface area contributed by atoms with Gasteiger partial charge in [0.15, 0.2) is 6.79 Å². The highest BCUT2D eigenvalue weighted by atomic mass is 16.7. The molecule has 5 heteroatoms. The van der Waals surface area contributed by atoms with Crippen molar-refractivity contribution in [3.63, 3.8) is 0 Å². The van der Waals surface area contributed by atoms with Crippen LogP contribution in [-0.4, -0.2) is 18.8 Å². The van der Waals surface area contributed by atoms with Gasteiger partial charge in [0.25, 0.3) is 5.69 Å². The Morgan fingerprint density at radius 3 is 2.70 bits per heavy atom. The molecule has 0 amide bonds. The highest BCUT2D eigenvalue weighted by Gasteiger charge is 2.18. The Hall–Kier alpha value is -1.88. The first kappa shape index (κ1) is 14.5. The van der Waals surface area contributed by atoms with Crippen LogP contribution in [0.15, 0.2) is 23.8 Å². The van der Waals surface area contributed by atoms with Crippen molar-refractivity contribution in [2.75, 3.05) is 13.9 Å². The molecule has 5 nitrogen and oxygen atoms in total. The number of ether oxygens (including phenoxy) is 2. The van der Waals surface area contributed by atoms with Crippen LogP contribution >= 0.6 is 0 Å². The number of nitrogens with zero attached hydrogens (tertiary/aromatic N) is 1. The molecule has 0 bridgehead atoms. The Bertz CT molecular complexity index is 503. The van der Waals surface area contributed by atoms with Gasteiger partial charge < -0.3 is 9.47 Å². The molecule has 0 atom stereocenters. The molecule has 2 rings (SSSR count). The molecule has 0 aromatic heterocycles.